The molecule has 1 atom stereocenters. The SMILES string of the molecule is CCc1cc(=O)oc2cc(C)cc(OC(C)C(=O)NCC3CCNCC3)c12.Cl. The largest absolute Gasteiger partial charge is 0.480 e. The van der Waals surface area contributed by atoms with Crippen LogP contribution in [0, 0.1) is 12.8 Å². The fraction of sp³-hybridized carbons (Fsp3) is 0.524. The van der Waals surface area contributed by atoms with Crippen molar-refractivity contribution in [1.82, 2.24) is 10.6 Å². The molecule has 0 radical (unpaired) electrons. The molecule has 2 heterocycles. The topological polar surface area (TPSA) is 80.6 Å². The Morgan fingerprint density at radius 1 is 1.32 bits per heavy atom. The van der Waals surface area contributed by atoms with Crippen LogP contribution in [0.2, 0.25) is 0 Å². The van der Waals surface area contributed by atoms with E-state index in [4.69, 9.17) is 9.15 Å². The number of amides is 1. The van der Waals surface area contributed by atoms with Crippen LogP contribution in [0.3, 0.4) is 0 Å². The van der Waals surface area contributed by atoms with E-state index in [0.29, 0.717) is 30.2 Å². The first-order valence-electron chi connectivity index (χ1n) is 9.70. The van der Waals surface area contributed by atoms with E-state index in [1.54, 1.807) is 6.92 Å². The Hall–Kier alpha value is -2.05. The van der Waals surface area contributed by atoms with Crippen LogP contribution in [0.5, 0.6) is 5.75 Å². The molecular weight excluding hydrogens is 380 g/mol. The van der Waals surface area contributed by atoms with E-state index >= 15 is 0 Å². The van der Waals surface area contributed by atoms with Crippen molar-refractivity contribution in [2.45, 2.75) is 46.1 Å². The number of nitrogens with one attached hydrogen (secondary N) is 2. The molecule has 154 valence electrons. The first-order valence-corrected chi connectivity index (χ1v) is 9.70. The number of hydrogen-bond acceptors (Lipinski definition) is 5. The zero-order valence-corrected chi connectivity index (χ0v) is 17.5. The Kier molecular flexibility index (Phi) is 7.89. The molecule has 2 N–H and O–H groups in total. The summed E-state index contributed by atoms with van der Waals surface area (Å²) in [4.78, 5) is 24.3. The van der Waals surface area contributed by atoms with E-state index < -0.39 is 6.10 Å². The molecule has 0 saturated carbocycles. The molecule has 0 aliphatic carbocycles. The Labute approximate surface area is 171 Å². The van der Waals surface area contributed by atoms with Gasteiger partial charge in [-0.05, 0) is 75.4 Å². The lowest BCUT2D eigenvalue weighted by molar-refractivity contribution is -0.127. The lowest BCUT2D eigenvalue weighted by Crippen LogP contribution is -2.41. The third-order valence-electron chi connectivity index (χ3n) is 5.11. The third kappa shape index (κ3) is 5.26. The van der Waals surface area contributed by atoms with Crippen LogP contribution in [0.4, 0.5) is 0 Å². The highest BCUT2D eigenvalue weighted by Gasteiger charge is 2.20. The van der Waals surface area contributed by atoms with Crippen LogP contribution in [0.1, 0.15) is 37.8 Å². The second-order valence-electron chi connectivity index (χ2n) is 7.28. The van der Waals surface area contributed by atoms with Gasteiger partial charge >= 0.3 is 5.63 Å². The van der Waals surface area contributed by atoms with E-state index in [1.807, 2.05) is 26.0 Å². The standard InChI is InChI=1S/C21H28N2O4.ClH/c1-4-16-11-19(24)27-18-10-13(2)9-17(20(16)18)26-14(3)21(25)23-12-15-5-7-22-8-6-15;/h9-11,14-15,22H,4-8,12H2,1-3H3,(H,23,25);1H. The molecule has 7 heteroatoms. The first-order chi connectivity index (χ1) is 13.0. The van der Waals surface area contributed by atoms with Crippen LogP contribution in [-0.2, 0) is 11.2 Å². The Morgan fingerprint density at radius 2 is 2.04 bits per heavy atom. The molecule has 1 aromatic carbocycles. The Bertz CT molecular complexity index is 875. The highest BCUT2D eigenvalue weighted by Crippen LogP contribution is 2.31. The van der Waals surface area contributed by atoms with Gasteiger partial charge in [-0.2, -0.15) is 0 Å². The minimum absolute atomic E-state index is 0. The second-order valence-corrected chi connectivity index (χ2v) is 7.28. The summed E-state index contributed by atoms with van der Waals surface area (Å²) in [5.74, 6) is 0.969. The molecule has 1 aliphatic heterocycles. The zero-order chi connectivity index (χ0) is 19.4. The lowest BCUT2D eigenvalue weighted by atomic mass is 9.98. The summed E-state index contributed by atoms with van der Waals surface area (Å²) in [6.07, 6.45) is 2.21. The number of carbonyl (C=O) groups excluding carboxylic acids is 1. The number of rotatable bonds is 6. The van der Waals surface area contributed by atoms with E-state index in [2.05, 4.69) is 10.6 Å². The lowest BCUT2D eigenvalue weighted by Gasteiger charge is -2.24. The van der Waals surface area contributed by atoms with Gasteiger partial charge in [-0.15, -0.1) is 12.4 Å². The quantitative estimate of drug-likeness (QED) is 0.718. The minimum atomic E-state index is -0.631. The van der Waals surface area contributed by atoms with E-state index in [9.17, 15) is 9.59 Å². The molecule has 1 aliphatic rings. The molecule has 6 nitrogen and oxygen atoms in total. The number of aryl methyl sites for hydroxylation is 2. The number of ether oxygens (including phenoxy) is 1. The summed E-state index contributed by atoms with van der Waals surface area (Å²) in [5.41, 5.74) is 1.90. The first kappa shape index (κ1) is 22.2. The molecule has 2 aromatic rings. The third-order valence-corrected chi connectivity index (χ3v) is 5.11. The average Bonchev–Trinajstić information content (AvgIpc) is 2.65. The molecule has 1 fully saturated rings. The second kappa shape index (κ2) is 9.94. The monoisotopic (exact) mass is 408 g/mol. The van der Waals surface area contributed by atoms with Crippen molar-refractivity contribution in [2.24, 2.45) is 5.92 Å². The maximum absolute atomic E-state index is 12.5. The van der Waals surface area contributed by atoms with E-state index in [-0.39, 0.29) is 23.9 Å². The van der Waals surface area contributed by atoms with Gasteiger partial charge in [0.1, 0.15) is 11.3 Å². The molecule has 1 saturated heterocycles. The number of carbonyl (C=O) groups is 1. The smallest absolute Gasteiger partial charge is 0.336 e. The van der Waals surface area contributed by atoms with E-state index in [1.165, 1.54) is 6.07 Å². The molecule has 1 unspecified atom stereocenters. The normalized spacial score (nSPS) is 15.7. The molecule has 3 rings (SSSR count). The minimum Gasteiger partial charge on any atom is -0.480 e. The van der Waals surface area contributed by atoms with Gasteiger partial charge in [-0.3, -0.25) is 4.79 Å². The zero-order valence-electron chi connectivity index (χ0n) is 16.7. The number of benzene rings is 1. The van der Waals surface area contributed by atoms with Crippen LogP contribution in [0.25, 0.3) is 11.0 Å². The van der Waals surface area contributed by atoms with Crippen LogP contribution in [-0.4, -0.2) is 31.6 Å². The molecular formula is C21H29ClN2O4. The van der Waals surface area contributed by atoms with Crippen LogP contribution >= 0.6 is 12.4 Å². The fourth-order valence-electron chi connectivity index (χ4n) is 3.56. The highest BCUT2D eigenvalue weighted by molar-refractivity contribution is 5.88. The van der Waals surface area contributed by atoms with Crippen LogP contribution in [0.15, 0.2) is 27.4 Å². The van der Waals surface area contributed by atoms with Gasteiger partial charge in [0.2, 0.25) is 0 Å². The predicted octanol–water partition coefficient (Wildman–Crippen LogP) is 2.97. The number of hydrogen-bond donors (Lipinski definition) is 2. The maximum Gasteiger partial charge on any atom is 0.336 e. The van der Waals surface area contributed by atoms with Crippen molar-refractivity contribution in [3.63, 3.8) is 0 Å². The summed E-state index contributed by atoms with van der Waals surface area (Å²) < 4.78 is 11.4. The number of piperidine rings is 1. The maximum atomic E-state index is 12.5. The van der Waals surface area contributed by atoms with Gasteiger partial charge in [0.15, 0.2) is 6.10 Å². The Balaban J connectivity index is 0.00000280. The molecule has 1 amide bonds. The van der Waals surface area contributed by atoms with Crippen molar-refractivity contribution in [1.29, 1.82) is 0 Å². The van der Waals surface area contributed by atoms with Gasteiger partial charge < -0.3 is 19.8 Å². The molecule has 28 heavy (non-hydrogen) atoms. The summed E-state index contributed by atoms with van der Waals surface area (Å²) in [6.45, 7) is 8.33. The van der Waals surface area contributed by atoms with Crippen molar-refractivity contribution in [2.75, 3.05) is 19.6 Å². The molecule has 1 aromatic heterocycles. The van der Waals surface area contributed by atoms with E-state index in [0.717, 1.165) is 42.4 Å². The fourth-order valence-corrected chi connectivity index (χ4v) is 3.56. The van der Waals surface area contributed by atoms with Gasteiger partial charge in [0.25, 0.3) is 5.91 Å². The van der Waals surface area contributed by atoms with Crippen LogP contribution < -0.4 is 21.0 Å². The van der Waals surface area contributed by atoms with Gasteiger partial charge in [-0.25, -0.2) is 4.79 Å². The summed E-state index contributed by atoms with van der Waals surface area (Å²) in [5, 5.41) is 7.10. The summed E-state index contributed by atoms with van der Waals surface area (Å²) >= 11 is 0. The van der Waals surface area contributed by atoms with Crippen molar-refractivity contribution in [3.05, 3.63) is 39.7 Å². The summed E-state index contributed by atoms with van der Waals surface area (Å²) in [7, 11) is 0. The molecule has 0 spiro atoms. The highest BCUT2D eigenvalue weighted by atomic mass is 35.5. The van der Waals surface area contributed by atoms with Gasteiger partial charge in [-0.1, -0.05) is 6.92 Å². The summed E-state index contributed by atoms with van der Waals surface area (Å²) in [6, 6.07) is 5.20. The van der Waals surface area contributed by atoms with Gasteiger partial charge in [0.05, 0.1) is 5.39 Å². The molecule has 0 bridgehead atoms. The Morgan fingerprint density at radius 3 is 2.71 bits per heavy atom. The van der Waals surface area contributed by atoms with Crippen molar-refractivity contribution in [3.8, 4) is 5.75 Å². The average molecular weight is 409 g/mol. The number of fused-ring (bicyclic) bond motifs is 1. The van der Waals surface area contributed by atoms with Gasteiger partial charge in [0, 0.05) is 12.6 Å². The van der Waals surface area contributed by atoms with Crippen molar-refractivity contribution < 1.29 is 13.9 Å². The van der Waals surface area contributed by atoms with Crippen molar-refractivity contribution >= 4 is 29.3 Å². The predicted molar refractivity (Wildman–Crippen MR) is 113 cm³/mol. The number of halogens is 1.